The average molecular weight is 285 g/mol. The molecule has 0 spiro atoms. The van der Waals surface area contributed by atoms with Gasteiger partial charge >= 0.3 is 6.09 Å². The molecule has 0 aliphatic heterocycles. The van der Waals surface area contributed by atoms with E-state index in [-0.39, 0.29) is 13.0 Å². The minimum atomic E-state index is -1.02. The van der Waals surface area contributed by atoms with E-state index in [1.165, 1.54) is 6.20 Å². The van der Waals surface area contributed by atoms with Crippen molar-refractivity contribution < 1.29 is 19.7 Å². The minimum Gasteiger partial charge on any atom is -0.444 e. The quantitative estimate of drug-likeness (QED) is 0.741. The van der Waals surface area contributed by atoms with Crippen molar-refractivity contribution in [1.29, 1.82) is 0 Å². The van der Waals surface area contributed by atoms with Crippen molar-refractivity contribution in [3.63, 3.8) is 0 Å². The predicted molar refractivity (Wildman–Crippen MR) is 73.0 cm³/mol. The zero-order valence-electron chi connectivity index (χ0n) is 12.3. The molecular weight excluding hydrogens is 262 g/mol. The molecule has 1 aromatic rings. The summed E-state index contributed by atoms with van der Waals surface area (Å²) in [5, 5.41) is 26.2. The van der Waals surface area contributed by atoms with Gasteiger partial charge in [-0.1, -0.05) is 0 Å². The van der Waals surface area contributed by atoms with E-state index < -0.39 is 23.9 Å². The number of carbonyl (C=O) groups excluding carboxylic acids is 1. The van der Waals surface area contributed by atoms with Crippen molar-refractivity contribution in [2.24, 2.45) is 7.05 Å². The summed E-state index contributed by atoms with van der Waals surface area (Å²) in [6, 6.07) is 0. The molecule has 1 heterocycles. The van der Waals surface area contributed by atoms with E-state index in [4.69, 9.17) is 4.74 Å². The SMILES string of the molecule is Cn1cc(C(O)C(O)CCNC(=O)OC(C)(C)C)cn1. The van der Waals surface area contributed by atoms with Gasteiger partial charge in [0.05, 0.1) is 12.3 Å². The fourth-order valence-electron chi connectivity index (χ4n) is 1.61. The standard InChI is InChI=1S/C13H23N3O4/c1-13(2,3)20-12(19)14-6-5-10(17)11(18)9-7-15-16(4)8-9/h7-8,10-11,17-18H,5-6H2,1-4H3,(H,14,19). The van der Waals surface area contributed by atoms with Gasteiger partial charge in [-0.05, 0) is 27.2 Å². The summed E-state index contributed by atoms with van der Waals surface area (Å²) >= 11 is 0. The number of nitrogens with zero attached hydrogens (tertiary/aromatic N) is 2. The number of aliphatic hydroxyl groups is 2. The number of carbonyl (C=O) groups is 1. The maximum atomic E-state index is 11.4. The third-order valence-electron chi connectivity index (χ3n) is 2.54. The smallest absolute Gasteiger partial charge is 0.407 e. The Hall–Kier alpha value is -1.60. The lowest BCUT2D eigenvalue weighted by molar-refractivity contribution is 0.0123. The highest BCUT2D eigenvalue weighted by Gasteiger charge is 2.20. The molecule has 7 heteroatoms. The van der Waals surface area contributed by atoms with Gasteiger partial charge in [-0.2, -0.15) is 5.10 Å². The number of amides is 1. The number of nitrogens with one attached hydrogen (secondary N) is 1. The number of aliphatic hydroxyl groups excluding tert-OH is 2. The minimum absolute atomic E-state index is 0.216. The number of hydrogen-bond acceptors (Lipinski definition) is 5. The Kier molecular flexibility index (Phi) is 5.52. The second-order valence-corrected chi connectivity index (χ2v) is 5.68. The second-order valence-electron chi connectivity index (χ2n) is 5.68. The van der Waals surface area contributed by atoms with Crippen molar-refractivity contribution in [3.8, 4) is 0 Å². The van der Waals surface area contributed by atoms with Crippen molar-refractivity contribution in [2.75, 3.05) is 6.54 Å². The van der Waals surface area contributed by atoms with Crippen LogP contribution >= 0.6 is 0 Å². The van der Waals surface area contributed by atoms with Crippen molar-refractivity contribution in [3.05, 3.63) is 18.0 Å². The van der Waals surface area contributed by atoms with Crippen LogP contribution in [-0.2, 0) is 11.8 Å². The molecule has 7 nitrogen and oxygen atoms in total. The normalized spacial score (nSPS) is 14.7. The Morgan fingerprint density at radius 3 is 2.65 bits per heavy atom. The van der Waals surface area contributed by atoms with Crippen LogP contribution in [0.4, 0.5) is 4.79 Å². The van der Waals surface area contributed by atoms with E-state index in [0.717, 1.165) is 0 Å². The van der Waals surface area contributed by atoms with Crippen molar-refractivity contribution >= 4 is 6.09 Å². The molecule has 0 aliphatic rings. The van der Waals surface area contributed by atoms with Gasteiger partial charge in [-0.3, -0.25) is 4.68 Å². The first-order valence-corrected chi connectivity index (χ1v) is 6.50. The topological polar surface area (TPSA) is 96.6 Å². The Bertz CT molecular complexity index is 439. The van der Waals surface area contributed by atoms with Crippen LogP contribution in [-0.4, -0.2) is 44.3 Å². The van der Waals surface area contributed by atoms with Gasteiger partial charge < -0.3 is 20.3 Å². The van der Waals surface area contributed by atoms with Gasteiger partial charge in [0.15, 0.2) is 0 Å². The Balaban J connectivity index is 2.33. The summed E-state index contributed by atoms with van der Waals surface area (Å²) in [4.78, 5) is 11.4. The molecule has 0 saturated heterocycles. The zero-order valence-corrected chi connectivity index (χ0v) is 12.3. The number of hydrogen-bond donors (Lipinski definition) is 3. The lowest BCUT2D eigenvalue weighted by Crippen LogP contribution is -2.34. The van der Waals surface area contributed by atoms with Gasteiger partial charge in [-0.15, -0.1) is 0 Å². The van der Waals surface area contributed by atoms with Gasteiger partial charge in [0.25, 0.3) is 0 Å². The van der Waals surface area contributed by atoms with Gasteiger partial charge in [0.1, 0.15) is 11.7 Å². The third kappa shape index (κ3) is 5.58. The van der Waals surface area contributed by atoms with E-state index in [2.05, 4.69) is 10.4 Å². The molecule has 0 saturated carbocycles. The zero-order chi connectivity index (χ0) is 15.3. The van der Waals surface area contributed by atoms with Gasteiger partial charge in [-0.25, -0.2) is 4.79 Å². The number of alkyl carbamates (subject to hydrolysis) is 1. The number of aromatic nitrogens is 2. The first kappa shape index (κ1) is 16.5. The molecule has 0 aliphatic carbocycles. The van der Waals surface area contributed by atoms with Gasteiger partial charge in [0.2, 0.25) is 0 Å². The number of rotatable bonds is 5. The summed E-state index contributed by atoms with van der Waals surface area (Å²) < 4.78 is 6.61. The van der Waals surface area contributed by atoms with E-state index in [1.807, 2.05) is 0 Å². The molecule has 0 aromatic carbocycles. The highest BCUT2D eigenvalue weighted by atomic mass is 16.6. The molecule has 1 aromatic heterocycles. The lowest BCUT2D eigenvalue weighted by atomic mass is 10.1. The summed E-state index contributed by atoms with van der Waals surface area (Å²) in [7, 11) is 1.73. The van der Waals surface area contributed by atoms with E-state index in [1.54, 1.807) is 38.7 Å². The molecular formula is C13H23N3O4. The average Bonchev–Trinajstić information content (AvgIpc) is 2.72. The molecule has 2 unspecified atom stereocenters. The van der Waals surface area contributed by atoms with Crippen LogP contribution in [0.1, 0.15) is 38.9 Å². The van der Waals surface area contributed by atoms with Crippen LogP contribution in [0.3, 0.4) is 0 Å². The second kappa shape index (κ2) is 6.71. The summed E-state index contributed by atoms with van der Waals surface area (Å²) in [6.45, 7) is 5.53. The molecule has 1 rings (SSSR count). The lowest BCUT2D eigenvalue weighted by Gasteiger charge is -2.20. The predicted octanol–water partition coefficient (Wildman–Crippen LogP) is 0.729. The fraction of sp³-hybridized carbons (Fsp3) is 0.692. The highest BCUT2D eigenvalue weighted by molar-refractivity contribution is 5.67. The third-order valence-corrected chi connectivity index (χ3v) is 2.54. The summed E-state index contributed by atoms with van der Waals surface area (Å²) in [6.07, 6.45) is 0.804. The largest absolute Gasteiger partial charge is 0.444 e. The van der Waals surface area contributed by atoms with E-state index >= 15 is 0 Å². The molecule has 2 atom stereocenters. The van der Waals surface area contributed by atoms with Crippen LogP contribution in [0.2, 0.25) is 0 Å². The first-order valence-electron chi connectivity index (χ1n) is 6.50. The van der Waals surface area contributed by atoms with Gasteiger partial charge in [0, 0.05) is 25.4 Å². The summed E-state index contributed by atoms with van der Waals surface area (Å²) in [5.41, 5.74) is -0.0185. The van der Waals surface area contributed by atoms with Crippen LogP contribution in [0.5, 0.6) is 0 Å². The maximum Gasteiger partial charge on any atom is 0.407 e. The van der Waals surface area contributed by atoms with Crippen molar-refractivity contribution in [2.45, 2.75) is 45.0 Å². The Morgan fingerprint density at radius 1 is 1.50 bits per heavy atom. The van der Waals surface area contributed by atoms with E-state index in [9.17, 15) is 15.0 Å². The fourth-order valence-corrected chi connectivity index (χ4v) is 1.61. The summed E-state index contributed by atoms with van der Waals surface area (Å²) in [5.74, 6) is 0. The Labute approximate surface area is 118 Å². The van der Waals surface area contributed by atoms with Crippen LogP contribution in [0, 0.1) is 0 Å². The maximum absolute atomic E-state index is 11.4. The van der Waals surface area contributed by atoms with Crippen LogP contribution < -0.4 is 5.32 Å². The molecule has 1 amide bonds. The molecule has 0 bridgehead atoms. The highest BCUT2D eigenvalue weighted by Crippen LogP contribution is 2.17. The van der Waals surface area contributed by atoms with E-state index in [0.29, 0.717) is 5.56 Å². The molecule has 3 N–H and O–H groups in total. The molecule has 0 radical (unpaired) electrons. The van der Waals surface area contributed by atoms with Crippen LogP contribution in [0.15, 0.2) is 12.4 Å². The number of ether oxygens (including phenoxy) is 1. The van der Waals surface area contributed by atoms with Crippen molar-refractivity contribution in [1.82, 2.24) is 15.1 Å². The first-order chi connectivity index (χ1) is 9.19. The number of aryl methyl sites for hydroxylation is 1. The molecule has 20 heavy (non-hydrogen) atoms. The molecule has 0 fully saturated rings. The molecule has 114 valence electrons. The Morgan fingerprint density at radius 2 is 2.15 bits per heavy atom. The monoisotopic (exact) mass is 285 g/mol. The van der Waals surface area contributed by atoms with Crippen LogP contribution in [0.25, 0.3) is 0 Å².